The second-order valence-electron chi connectivity index (χ2n) is 9.83. The minimum Gasteiger partial charge on any atom is -0.364 e. The van der Waals surface area contributed by atoms with E-state index in [4.69, 9.17) is 17.3 Å². The summed E-state index contributed by atoms with van der Waals surface area (Å²) in [5.41, 5.74) is 4.48. The zero-order valence-corrected chi connectivity index (χ0v) is 21.0. The number of anilines is 1. The van der Waals surface area contributed by atoms with E-state index in [-0.39, 0.29) is 30.4 Å². The molecule has 4 heterocycles. The summed E-state index contributed by atoms with van der Waals surface area (Å²) in [6, 6.07) is 5.64. The summed E-state index contributed by atoms with van der Waals surface area (Å²) in [6.07, 6.45) is 0.586. The Balaban J connectivity index is 1.33. The number of hydrogen-bond donors (Lipinski definition) is 1. The molecular weight excluding hydrogens is 509 g/mol. The number of carbonyl (C=O) groups excluding carboxylic acids is 2. The number of likely N-dealkylation sites (tertiary alicyclic amines) is 1. The minimum absolute atomic E-state index is 0.0239. The van der Waals surface area contributed by atoms with Crippen LogP contribution in [0.2, 0.25) is 5.02 Å². The molecule has 1 aromatic carbocycles. The van der Waals surface area contributed by atoms with Crippen LogP contribution < -0.4 is 10.6 Å². The number of alkyl halides is 3. The molecule has 0 spiro atoms. The van der Waals surface area contributed by atoms with Gasteiger partial charge in [0.05, 0.1) is 12.2 Å². The van der Waals surface area contributed by atoms with Gasteiger partial charge in [-0.05, 0) is 43.5 Å². The van der Waals surface area contributed by atoms with Crippen molar-refractivity contribution in [3.8, 4) is 0 Å². The molecular formula is C25H28ClF3N6O2. The zero-order chi connectivity index (χ0) is 26.5. The fourth-order valence-corrected chi connectivity index (χ4v) is 5.84. The maximum Gasteiger partial charge on any atom is 0.325 e. The third kappa shape index (κ3) is 4.52. The summed E-state index contributed by atoms with van der Waals surface area (Å²) in [5, 5.41) is 0.557. The number of piperazine rings is 1. The molecule has 1 aromatic heterocycles. The predicted molar refractivity (Wildman–Crippen MR) is 132 cm³/mol. The van der Waals surface area contributed by atoms with Gasteiger partial charge in [-0.25, -0.2) is 14.4 Å². The molecule has 5 rings (SSSR count). The van der Waals surface area contributed by atoms with Crippen LogP contribution in [0, 0.1) is 0 Å². The Morgan fingerprint density at radius 1 is 1.16 bits per heavy atom. The Morgan fingerprint density at radius 3 is 2.46 bits per heavy atom. The largest absolute Gasteiger partial charge is 0.364 e. The standard InChI is InChI=1S/C25H28ClF3N6O2/c1-2-16-12-35-19(20(27)25(28,29)21-23(35)31-11-18(32-21)22(30)36)13-34(16)17-7-9-33(10-8-17)24(37)14-3-5-15(26)6-4-14/h3-6,11,16-17,19-20H,2,7-10,12-13H2,1H3,(H2,30,36)/t16-,19-,20?/m0/s1. The molecule has 8 nitrogen and oxygen atoms in total. The molecule has 3 aliphatic heterocycles. The molecule has 0 radical (unpaired) electrons. The number of nitrogens with two attached hydrogens (primary N) is 1. The molecule has 0 bridgehead atoms. The molecule has 0 aliphatic carbocycles. The van der Waals surface area contributed by atoms with Crippen LogP contribution in [0.15, 0.2) is 30.5 Å². The lowest BCUT2D eigenvalue weighted by Gasteiger charge is -2.54. The fraction of sp³-hybridized carbons (Fsp3) is 0.520. The van der Waals surface area contributed by atoms with Gasteiger partial charge in [-0.1, -0.05) is 18.5 Å². The topological polar surface area (TPSA) is 95.7 Å². The summed E-state index contributed by atoms with van der Waals surface area (Å²) >= 11 is 5.93. The molecule has 198 valence electrons. The fourth-order valence-electron chi connectivity index (χ4n) is 5.72. The summed E-state index contributed by atoms with van der Waals surface area (Å²) in [4.78, 5) is 37.6. The highest BCUT2D eigenvalue weighted by Crippen LogP contribution is 2.46. The van der Waals surface area contributed by atoms with Crippen LogP contribution in [0.3, 0.4) is 0 Å². The van der Waals surface area contributed by atoms with Gasteiger partial charge in [-0.3, -0.25) is 14.5 Å². The van der Waals surface area contributed by atoms with Gasteiger partial charge >= 0.3 is 5.92 Å². The van der Waals surface area contributed by atoms with E-state index in [2.05, 4.69) is 14.9 Å². The van der Waals surface area contributed by atoms with Gasteiger partial charge < -0.3 is 15.5 Å². The summed E-state index contributed by atoms with van der Waals surface area (Å²) in [7, 11) is 0. The third-order valence-electron chi connectivity index (χ3n) is 7.74. The normalized spacial score (nSPS) is 25.9. The number of primary amides is 1. The average molecular weight is 537 g/mol. The van der Waals surface area contributed by atoms with Gasteiger partial charge in [0.15, 0.2) is 17.7 Å². The lowest BCUT2D eigenvalue weighted by molar-refractivity contribution is -0.109. The van der Waals surface area contributed by atoms with Crippen molar-refractivity contribution >= 4 is 29.2 Å². The van der Waals surface area contributed by atoms with Crippen molar-refractivity contribution in [1.29, 1.82) is 0 Å². The first-order valence-electron chi connectivity index (χ1n) is 12.4. The van der Waals surface area contributed by atoms with Gasteiger partial charge in [0, 0.05) is 48.8 Å². The first kappa shape index (κ1) is 25.7. The van der Waals surface area contributed by atoms with Crippen LogP contribution in [-0.2, 0) is 5.92 Å². The quantitative estimate of drug-likeness (QED) is 0.644. The molecule has 2 saturated heterocycles. The SMILES string of the molecule is CC[C@H]1CN2c3ncc(C(N)=O)nc3C(F)(F)C(F)[C@@H]2CN1C1CCN(C(=O)c2ccc(Cl)cc2)CC1. The highest BCUT2D eigenvalue weighted by Gasteiger charge is 2.58. The number of rotatable bonds is 4. The molecule has 0 saturated carbocycles. The first-order chi connectivity index (χ1) is 17.6. The van der Waals surface area contributed by atoms with Crippen LogP contribution in [-0.4, -0.2) is 82.1 Å². The third-order valence-corrected chi connectivity index (χ3v) is 7.99. The molecule has 12 heteroatoms. The van der Waals surface area contributed by atoms with Crippen molar-refractivity contribution in [2.45, 2.75) is 56.4 Å². The molecule has 2 fully saturated rings. The van der Waals surface area contributed by atoms with Gasteiger partial charge in [-0.15, -0.1) is 0 Å². The molecule has 37 heavy (non-hydrogen) atoms. The molecule has 3 aliphatic rings. The van der Waals surface area contributed by atoms with Crippen molar-refractivity contribution in [2.24, 2.45) is 5.73 Å². The van der Waals surface area contributed by atoms with E-state index in [1.165, 1.54) is 0 Å². The summed E-state index contributed by atoms with van der Waals surface area (Å²) in [6.45, 7) is 3.45. The smallest absolute Gasteiger partial charge is 0.325 e. The molecule has 2 N–H and O–H groups in total. The van der Waals surface area contributed by atoms with E-state index in [1.54, 1.807) is 34.1 Å². The molecule has 2 amide bonds. The second kappa shape index (κ2) is 9.75. The number of amides is 2. The number of carbonyl (C=O) groups is 2. The Hall–Kier alpha value is -2.92. The number of fused-ring (bicyclic) bond motifs is 3. The molecule has 3 atom stereocenters. The van der Waals surface area contributed by atoms with Crippen molar-refractivity contribution in [2.75, 3.05) is 31.1 Å². The van der Waals surface area contributed by atoms with Crippen LogP contribution in [0.25, 0.3) is 0 Å². The lowest BCUT2D eigenvalue weighted by Crippen LogP contribution is -2.68. The van der Waals surface area contributed by atoms with Crippen molar-refractivity contribution in [3.63, 3.8) is 0 Å². The van der Waals surface area contributed by atoms with Gasteiger partial charge in [0.1, 0.15) is 5.69 Å². The van der Waals surface area contributed by atoms with E-state index in [1.807, 2.05) is 6.92 Å². The van der Waals surface area contributed by atoms with E-state index in [0.29, 0.717) is 43.1 Å². The predicted octanol–water partition coefficient (Wildman–Crippen LogP) is 3.25. The van der Waals surface area contributed by atoms with Gasteiger partial charge in [0.25, 0.3) is 11.8 Å². The number of halogens is 4. The summed E-state index contributed by atoms with van der Waals surface area (Å²) < 4.78 is 45.7. The number of piperidine rings is 1. The van der Waals surface area contributed by atoms with Crippen LogP contribution >= 0.6 is 11.6 Å². The maximum absolute atomic E-state index is 15.4. The number of hydrogen-bond acceptors (Lipinski definition) is 6. The number of aromatic nitrogens is 2. The Bertz CT molecular complexity index is 1190. The second-order valence-corrected chi connectivity index (χ2v) is 10.3. The van der Waals surface area contributed by atoms with Gasteiger partial charge in [0.2, 0.25) is 0 Å². The zero-order valence-electron chi connectivity index (χ0n) is 20.3. The maximum atomic E-state index is 15.4. The monoisotopic (exact) mass is 536 g/mol. The first-order valence-corrected chi connectivity index (χ1v) is 12.8. The highest BCUT2D eigenvalue weighted by atomic mass is 35.5. The Kier molecular flexibility index (Phi) is 6.78. The van der Waals surface area contributed by atoms with E-state index >= 15 is 13.2 Å². The van der Waals surface area contributed by atoms with Crippen molar-refractivity contribution in [1.82, 2.24) is 19.8 Å². The molecule has 1 unspecified atom stereocenters. The Labute approximate surface area is 217 Å². The minimum atomic E-state index is -3.91. The highest BCUT2D eigenvalue weighted by molar-refractivity contribution is 6.30. The Morgan fingerprint density at radius 2 is 1.84 bits per heavy atom. The average Bonchev–Trinajstić information content (AvgIpc) is 2.91. The molecule has 2 aromatic rings. The van der Waals surface area contributed by atoms with E-state index in [0.717, 1.165) is 12.6 Å². The van der Waals surface area contributed by atoms with Crippen molar-refractivity contribution < 1.29 is 22.8 Å². The van der Waals surface area contributed by atoms with E-state index < -0.39 is 35.4 Å². The number of nitrogens with zero attached hydrogens (tertiary/aromatic N) is 5. The lowest BCUT2D eigenvalue weighted by atomic mass is 9.89. The van der Waals surface area contributed by atoms with Crippen LogP contribution in [0.4, 0.5) is 19.0 Å². The summed E-state index contributed by atoms with van der Waals surface area (Å²) in [5.74, 6) is -5.09. The van der Waals surface area contributed by atoms with Crippen molar-refractivity contribution in [3.05, 3.63) is 52.4 Å². The van der Waals surface area contributed by atoms with Crippen LogP contribution in [0.5, 0.6) is 0 Å². The number of benzene rings is 1. The van der Waals surface area contributed by atoms with Gasteiger partial charge in [-0.2, -0.15) is 8.78 Å². The van der Waals surface area contributed by atoms with Crippen LogP contribution in [0.1, 0.15) is 52.7 Å². The van der Waals surface area contributed by atoms with E-state index in [9.17, 15) is 9.59 Å².